The van der Waals surface area contributed by atoms with Crippen molar-refractivity contribution in [1.82, 2.24) is 29.3 Å². The number of halogens is 1. The van der Waals surface area contributed by atoms with Crippen molar-refractivity contribution < 1.29 is 9.18 Å². The Morgan fingerprint density at radius 2 is 1.82 bits per heavy atom. The monoisotopic (exact) mass is 466 g/mol. The van der Waals surface area contributed by atoms with Crippen LogP contribution < -0.4 is 10.2 Å². The SMILES string of the molecule is CN1CCN(c2ccc(Nc3ncc4c(F)c(C(=O)N(C)C)n(C5CCCC5)c4n3)nc2)CC1. The van der Waals surface area contributed by atoms with Crippen molar-refractivity contribution >= 4 is 34.4 Å². The quantitative estimate of drug-likeness (QED) is 0.618. The molecular formula is C24H31FN8O. The molecule has 1 N–H and O–H groups in total. The third kappa shape index (κ3) is 4.18. The number of nitrogens with one attached hydrogen (secondary N) is 1. The molecule has 0 bridgehead atoms. The molecule has 34 heavy (non-hydrogen) atoms. The predicted molar refractivity (Wildman–Crippen MR) is 130 cm³/mol. The van der Waals surface area contributed by atoms with Gasteiger partial charge in [-0.3, -0.25) is 4.79 Å². The Balaban J connectivity index is 1.44. The summed E-state index contributed by atoms with van der Waals surface area (Å²) in [6.45, 7) is 4.01. The molecule has 10 heteroatoms. The molecule has 1 aliphatic carbocycles. The van der Waals surface area contributed by atoms with Crippen molar-refractivity contribution in [2.24, 2.45) is 0 Å². The molecule has 180 valence electrons. The summed E-state index contributed by atoms with van der Waals surface area (Å²) in [5.74, 6) is 0.0223. The molecular weight excluding hydrogens is 435 g/mol. The molecule has 3 aromatic rings. The number of amides is 1. The first-order chi connectivity index (χ1) is 16.4. The van der Waals surface area contributed by atoms with Crippen molar-refractivity contribution in [3.8, 4) is 0 Å². The second-order valence-corrected chi connectivity index (χ2v) is 9.42. The molecule has 0 atom stereocenters. The fourth-order valence-corrected chi connectivity index (χ4v) is 4.86. The third-order valence-electron chi connectivity index (χ3n) is 6.84. The minimum Gasteiger partial charge on any atom is -0.368 e. The summed E-state index contributed by atoms with van der Waals surface area (Å²) in [6.07, 6.45) is 7.22. The standard InChI is InChI=1S/C24H31FN8O/c1-30(2)23(34)21-20(25)18-15-27-24(29-22(18)33(21)16-6-4-5-7-16)28-19-9-8-17(14-26-19)32-12-10-31(3)11-13-32/h8-9,14-16H,4-7,10-13H2,1-3H3,(H,26,27,28,29). The van der Waals surface area contributed by atoms with Gasteiger partial charge in [0.25, 0.3) is 5.91 Å². The van der Waals surface area contributed by atoms with Crippen molar-refractivity contribution in [1.29, 1.82) is 0 Å². The van der Waals surface area contributed by atoms with Crippen LogP contribution in [0, 0.1) is 5.82 Å². The highest BCUT2D eigenvalue weighted by molar-refractivity contribution is 5.98. The average Bonchev–Trinajstić information content (AvgIpc) is 3.46. The summed E-state index contributed by atoms with van der Waals surface area (Å²) in [4.78, 5) is 32.4. The maximum atomic E-state index is 15.4. The van der Waals surface area contributed by atoms with Crippen molar-refractivity contribution in [3.05, 3.63) is 36.0 Å². The Labute approximate surface area is 198 Å². The zero-order valence-electron chi connectivity index (χ0n) is 20.0. The Morgan fingerprint density at radius 1 is 1.09 bits per heavy atom. The first kappa shape index (κ1) is 22.5. The van der Waals surface area contributed by atoms with Crippen molar-refractivity contribution in [3.63, 3.8) is 0 Å². The third-order valence-corrected chi connectivity index (χ3v) is 6.84. The minimum atomic E-state index is -0.554. The molecule has 1 saturated carbocycles. The smallest absolute Gasteiger partial charge is 0.273 e. The van der Waals surface area contributed by atoms with E-state index in [1.54, 1.807) is 18.7 Å². The van der Waals surface area contributed by atoms with Crippen LogP contribution in [0.15, 0.2) is 24.5 Å². The van der Waals surface area contributed by atoms with E-state index in [0.717, 1.165) is 57.5 Å². The number of piperazine rings is 1. The number of nitrogens with zero attached hydrogens (tertiary/aromatic N) is 7. The van der Waals surface area contributed by atoms with Gasteiger partial charge in [0.15, 0.2) is 5.82 Å². The summed E-state index contributed by atoms with van der Waals surface area (Å²) < 4.78 is 17.2. The molecule has 0 unspecified atom stereocenters. The number of rotatable bonds is 5. The summed E-state index contributed by atoms with van der Waals surface area (Å²) in [5, 5.41) is 3.41. The molecule has 0 spiro atoms. The molecule has 0 aromatic carbocycles. The van der Waals surface area contributed by atoms with Crippen LogP contribution >= 0.6 is 0 Å². The number of aromatic nitrogens is 4. The van der Waals surface area contributed by atoms with Crippen LogP contribution in [0.4, 0.5) is 21.8 Å². The number of fused-ring (bicyclic) bond motifs is 1. The maximum absolute atomic E-state index is 15.4. The van der Waals surface area contributed by atoms with E-state index in [2.05, 4.69) is 37.1 Å². The van der Waals surface area contributed by atoms with Gasteiger partial charge in [-0.25, -0.2) is 14.4 Å². The fourth-order valence-electron chi connectivity index (χ4n) is 4.86. The normalized spacial score (nSPS) is 17.5. The van der Waals surface area contributed by atoms with E-state index in [1.807, 2.05) is 18.3 Å². The highest BCUT2D eigenvalue weighted by atomic mass is 19.1. The molecule has 4 heterocycles. The topological polar surface area (TPSA) is 82.4 Å². The Hall–Kier alpha value is -3.27. The van der Waals surface area contributed by atoms with E-state index in [-0.39, 0.29) is 23.0 Å². The lowest BCUT2D eigenvalue weighted by Gasteiger charge is -2.33. The molecule has 1 amide bonds. The highest BCUT2D eigenvalue weighted by Gasteiger charge is 2.31. The zero-order valence-corrected chi connectivity index (χ0v) is 20.0. The molecule has 9 nitrogen and oxygen atoms in total. The number of likely N-dealkylation sites (N-methyl/N-ethyl adjacent to an activating group) is 1. The van der Waals surface area contributed by atoms with E-state index < -0.39 is 5.82 Å². The van der Waals surface area contributed by atoms with E-state index in [1.165, 1.54) is 11.1 Å². The number of carbonyl (C=O) groups excluding carboxylic acids is 1. The van der Waals surface area contributed by atoms with E-state index >= 15 is 4.39 Å². The number of hydrogen-bond donors (Lipinski definition) is 1. The molecule has 3 aromatic heterocycles. The van der Waals surface area contributed by atoms with Crippen LogP contribution in [0.5, 0.6) is 0 Å². The average molecular weight is 467 g/mol. The number of carbonyl (C=O) groups is 1. The van der Waals surface area contributed by atoms with Crippen molar-refractivity contribution in [2.75, 3.05) is 57.5 Å². The molecule has 2 fully saturated rings. The van der Waals surface area contributed by atoms with Gasteiger partial charge in [0, 0.05) is 52.5 Å². The van der Waals surface area contributed by atoms with Gasteiger partial charge >= 0.3 is 0 Å². The number of anilines is 3. The van der Waals surface area contributed by atoms with Gasteiger partial charge < -0.3 is 24.6 Å². The second-order valence-electron chi connectivity index (χ2n) is 9.42. The van der Waals surface area contributed by atoms with Gasteiger partial charge in [-0.15, -0.1) is 0 Å². The summed E-state index contributed by atoms with van der Waals surface area (Å²) in [5.41, 5.74) is 1.59. The van der Waals surface area contributed by atoms with Gasteiger partial charge in [-0.2, -0.15) is 4.98 Å². The lowest BCUT2D eigenvalue weighted by molar-refractivity contribution is 0.0810. The molecule has 0 radical (unpaired) electrons. The van der Waals surface area contributed by atoms with Crippen LogP contribution in [0.1, 0.15) is 42.2 Å². The van der Waals surface area contributed by atoms with Gasteiger partial charge in [0.1, 0.15) is 17.2 Å². The number of pyridine rings is 1. The zero-order chi connectivity index (χ0) is 23.8. The summed E-state index contributed by atoms with van der Waals surface area (Å²) >= 11 is 0. The minimum absolute atomic E-state index is 0.0506. The lowest BCUT2D eigenvalue weighted by atomic mass is 10.2. The van der Waals surface area contributed by atoms with Crippen LogP contribution in [0.2, 0.25) is 0 Å². The highest BCUT2D eigenvalue weighted by Crippen LogP contribution is 2.36. The van der Waals surface area contributed by atoms with E-state index in [4.69, 9.17) is 0 Å². The first-order valence-electron chi connectivity index (χ1n) is 11.9. The Bertz CT molecular complexity index is 1180. The Kier molecular flexibility index (Phi) is 6.07. The van der Waals surface area contributed by atoms with Gasteiger partial charge in [-0.05, 0) is 32.0 Å². The van der Waals surface area contributed by atoms with Crippen LogP contribution in [0.3, 0.4) is 0 Å². The van der Waals surface area contributed by atoms with E-state index in [9.17, 15) is 4.79 Å². The number of hydrogen-bond acceptors (Lipinski definition) is 7. The summed E-state index contributed by atoms with van der Waals surface area (Å²) in [6, 6.07) is 3.99. The summed E-state index contributed by atoms with van der Waals surface area (Å²) in [7, 11) is 5.40. The first-order valence-corrected chi connectivity index (χ1v) is 11.9. The van der Waals surface area contributed by atoms with Crippen LogP contribution in [-0.2, 0) is 0 Å². The van der Waals surface area contributed by atoms with Crippen LogP contribution in [-0.4, -0.2) is 82.5 Å². The predicted octanol–water partition coefficient (Wildman–Crippen LogP) is 3.28. The molecule has 5 rings (SSSR count). The van der Waals surface area contributed by atoms with Crippen LogP contribution in [0.25, 0.3) is 11.0 Å². The van der Waals surface area contributed by atoms with Crippen molar-refractivity contribution in [2.45, 2.75) is 31.7 Å². The molecule has 1 saturated heterocycles. The molecule has 1 aliphatic heterocycles. The largest absolute Gasteiger partial charge is 0.368 e. The Morgan fingerprint density at radius 3 is 2.47 bits per heavy atom. The maximum Gasteiger partial charge on any atom is 0.273 e. The van der Waals surface area contributed by atoms with Gasteiger partial charge in [-0.1, -0.05) is 12.8 Å². The lowest BCUT2D eigenvalue weighted by Crippen LogP contribution is -2.44. The van der Waals surface area contributed by atoms with Gasteiger partial charge in [0.2, 0.25) is 5.95 Å². The fraction of sp³-hybridized carbons (Fsp3) is 0.500. The second kappa shape index (κ2) is 9.17. The van der Waals surface area contributed by atoms with E-state index in [0.29, 0.717) is 17.4 Å². The van der Waals surface area contributed by atoms with Gasteiger partial charge in [0.05, 0.1) is 17.3 Å². The molecule has 2 aliphatic rings.